The molecule has 0 radical (unpaired) electrons. The van der Waals surface area contributed by atoms with E-state index in [-0.39, 0.29) is 5.78 Å². The molecular formula is C9H11BrNO+. The minimum Gasteiger partial charge on any atom is -0.294 e. The van der Waals surface area contributed by atoms with Gasteiger partial charge in [-0.1, -0.05) is 15.9 Å². The number of nitrogens with zero attached hydrogens (tertiary/aromatic N) is 1. The molecule has 0 N–H and O–H groups in total. The summed E-state index contributed by atoms with van der Waals surface area (Å²) in [6.07, 6.45) is 3.82. The Kier molecular flexibility index (Phi) is 3.41. The molecule has 0 fully saturated rings. The molecule has 2 nitrogen and oxygen atoms in total. The third-order valence-electron chi connectivity index (χ3n) is 1.61. The largest absolute Gasteiger partial charge is 0.294 e. The molecule has 3 heteroatoms. The molecule has 0 aliphatic carbocycles. The van der Waals surface area contributed by atoms with Gasteiger partial charge in [-0.05, 0) is 13.0 Å². The molecule has 64 valence electrons. The van der Waals surface area contributed by atoms with E-state index in [1.807, 2.05) is 29.1 Å². The van der Waals surface area contributed by atoms with Crippen LogP contribution in [0.5, 0.6) is 0 Å². The fourth-order valence-electron chi connectivity index (χ4n) is 0.967. The summed E-state index contributed by atoms with van der Waals surface area (Å²) in [4.78, 5) is 11.0. The highest BCUT2D eigenvalue weighted by atomic mass is 79.9. The van der Waals surface area contributed by atoms with Crippen molar-refractivity contribution in [3.63, 3.8) is 0 Å². The van der Waals surface area contributed by atoms with Crippen LogP contribution in [0, 0.1) is 0 Å². The van der Waals surface area contributed by atoms with Crippen molar-refractivity contribution < 1.29 is 9.36 Å². The summed E-state index contributed by atoms with van der Waals surface area (Å²) in [5, 5.41) is 0.902. The van der Waals surface area contributed by atoms with Crippen molar-refractivity contribution in [2.45, 2.75) is 13.5 Å². The van der Waals surface area contributed by atoms with E-state index in [1.165, 1.54) is 0 Å². The first-order chi connectivity index (χ1) is 5.74. The molecular weight excluding hydrogens is 218 g/mol. The first kappa shape index (κ1) is 9.39. The van der Waals surface area contributed by atoms with Gasteiger partial charge in [0.25, 0.3) is 0 Å². The summed E-state index contributed by atoms with van der Waals surface area (Å²) in [6, 6.07) is 3.71. The molecule has 0 saturated carbocycles. The number of rotatable bonds is 3. The summed E-state index contributed by atoms with van der Waals surface area (Å²) in [7, 11) is 0. The zero-order valence-corrected chi connectivity index (χ0v) is 8.54. The molecule has 1 rings (SSSR count). The van der Waals surface area contributed by atoms with Crippen LogP contribution in [-0.2, 0) is 6.54 Å². The van der Waals surface area contributed by atoms with Crippen molar-refractivity contribution in [3.8, 4) is 0 Å². The average molecular weight is 229 g/mol. The van der Waals surface area contributed by atoms with Gasteiger partial charge >= 0.3 is 0 Å². The molecule has 0 amide bonds. The van der Waals surface area contributed by atoms with Crippen LogP contribution in [0.15, 0.2) is 24.5 Å². The SMILES string of the molecule is CC(=O)c1ccc[n+](CCBr)c1. The summed E-state index contributed by atoms with van der Waals surface area (Å²) in [5.74, 6) is 0.110. The van der Waals surface area contributed by atoms with Gasteiger partial charge in [-0.3, -0.25) is 4.79 Å². The van der Waals surface area contributed by atoms with Crippen LogP contribution in [0.4, 0.5) is 0 Å². The Morgan fingerprint density at radius 1 is 1.67 bits per heavy atom. The molecule has 0 aliphatic heterocycles. The second-order valence-electron chi connectivity index (χ2n) is 2.58. The van der Waals surface area contributed by atoms with Gasteiger partial charge in [0.15, 0.2) is 24.7 Å². The number of aryl methyl sites for hydroxylation is 1. The molecule has 0 aromatic carbocycles. The number of halogens is 1. The third-order valence-corrected chi connectivity index (χ3v) is 1.96. The zero-order valence-electron chi connectivity index (χ0n) is 6.96. The molecule has 0 unspecified atom stereocenters. The van der Waals surface area contributed by atoms with Gasteiger partial charge < -0.3 is 0 Å². The van der Waals surface area contributed by atoms with Gasteiger partial charge in [0.05, 0.1) is 10.9 Å². The normalized spacial score (nSPS) is 9.83. The molecule has 1 aromatic heterocycles. The van der Waals surface area contributed by atoms with E-state index < -0.39 is 0 Å². The zero-order chi connectivity index (χ0) is 8.97. The topological polar surface area (TPSA) is 20.9 Å². The molecule has 1 heterocycles. The van der Waals surface area contributed by atoms with Crippen LogP contribution in [-0.4, -0.2) is 11.1 Å². The number of ketones is 1. The smallest absolute Gasteiger partial charge is 0.179 e. The van der Waals surface area contributed by atoms with E-state index in [9.17, 15) is 4.79 Å². The maximum atomic E-state index is 11.0. The number of aromatic nitrogens is 1. The van der Waals surface area contributed by atoms with Crippen molar-refractivity contribution in [2.24, 2.45) is 0 Å². The third kappa shape index (κ3) is 2.41. The summed E-state index contributed by atoms with van der Waals surface area (Å²) < 4.78 is 1.99. The Morgan fingerprint density at radius 3 is 3.00 bits per heavy atom. The minimum atomic E-state index is 0.110. The highest BCUT2D eigenvalue weighted by Crippen LogP contribution is 1.95. The maximum absolute atomic E-state index is 11.0. The van der Waals surface area contributed by atoms with E-state index in [2.05, 4.69) is 15.9 Å². The Balaban J connectivity index is 2.88. The van der Waals surface area contributed by atoms with Crippen molar-refractivity contribution >= 4 is 21.7 Å². The van der Waals surface area contributed by atoms with E-state index >= 15 is 0 Å². The van der Waals surface area contributed by atoms with Gasteiger partial charge in [-0.15, -0.1) is 0 Å². The lowest BCUT2D eigenvalue weighted by atomic mass is 10.2. The van der Waals surface area contributed by atoms with Gasteiger partial charge in [0, 0.05) is 6.07 Å². The first-order valence-electron chi connectivity index (χ1n) is 3.80. The van der Waals surface area contributed by atoms with Crippen LogP contribution >= 0.6 is 15.9 Å². The lowest BCUT2D eigenvalue weighted by Gasteiger charge is -1.94. The predicted octanol–water partition coefficient (Wildman–Crippen LogP) is 1.57. The lowest BCUT2D eigenvalue weighted by molar-refractivity contribution is -0.692. The summed E-state index contributed by atoms with van der Waals surface area (Å²) >= 11 is 3.34. The number of alkyl halides is 1. The van der Waals surface area contributed by atoms with Gasteiger partial charge in [-0.25, -0.2) is 4.57 Å². The first-order valence-corrected chi connectivity index (χ1v) is 4.92. The second kappa shape index (κ2) is 4.36. The van der Waals surface area contributed by atoms with Crippen LogP contribution in [0.1, 0.15) is 17.3 Å². The van der Waals surface area contributed by atoms with Crippen LogP contribution in [0.25, 0.3) is 0 Å². The monoisotopic (exact) mass is 228 g/mol. The van der Waals surface area contributed by atoms with Crippen LogP contribution in [0.3, 0.4) is 0 Å². The summed E-state index contributed by atoms with van der Waals surface area (Å²) in [6.45, 7) is 2.47. The fourth-order valence-corrected chi connectivity index (χ4v) is 1.38. The quantitative estimate of drug-likeness (QED) is 0.438. The Labute approximate surface area is 80.3 Å². The van der Waals surface area contributed by atoms with Crippen molar-refractivity contribution in [3.05, 3.63) is 30.1 Å². The van der Waals surface area contributed by atoms with E-state index in [4.69, 9.17) is 0 Å². The van der Waals surface area contributed by atoms with Gasteiger partial charge in [-0.2, -0.15) is 0 Å². The molecule has 0 aliphatic rings. The number of Topliss-reactive ketones (excluding diaryl/α,β-unsaturated/α-hetero) is 1. The Hall–Kier alpha value is -0.700. The molecule has 0 bridgehead atoms. The number of hydrogen-bond donors (Lipinski definition) is 0. The predicted molar refractivity (Wildman–Crippen MR) is 50.4 cm³/mol. The fraction of sp³-hybridized carbons (Fsp3) is 0.333. The van der Waals surface area contributed by atoms with Crippen LogP contribution < -0.4 is 4.57 Å². The highest BCUT2D eigenvalue weighted by molar-refractivity contribution is 9.09. The average Bonchev–Trinajstić information content (AvgIpc) is 2.05. The molecule has 1 aromatic rings. The standard InChI is InChI=1S/C9H11BrNO/c1-8(12)9-3-2-5-11(7-9)6-4-10/h2-3,5,7H,4,6H2,1H3/q+1. The molecule has 0 saturated heterocycles. The number of hydrogen-bond acceptors (Lipinski definition) is 1. The minimum absolute atomic E-state index is 0.110. The van der Waals surface area contributed by atoms with Gasteiger partial charge in [0.1, 0.15) is 0 Å². The molecule has 0 spiro atoms. The molecule has 0 atom stereocenters. The number of carbonyl (C=O) groups is 1. The van der Waals surface area contributed by atoms with E-state index in [0.29, 0.717) is 0 Å². The van der Waals surface area contributed by atoms with Gasteiger partial charge in [0.2, 0.25) is 0 Å². The van der Waals surface area contributed by atoms with E-state index in [1.54, 1.807) is 6.92 Å². The van der Waals surface area contributed by atoms with Crippen molar-refractivity contribution in [2.75, 3.05) is 5.33 Å². The Morgan fingerprint density at radius 2 is 2.42 bits per heavy atom. The lowest BCUT2D eigenvalue weighted by Crippen LogP contribution is -2.34. The maximum Gasteiger partial charge on any atom is 0.179 e. The Bertz CT molecular complexity index is 286. The second-order valence-corrected chi connectivity index (χ2v) is 3.37. The van der Waals surface area contributed by atoms with Crippen LogP contribution in [0.2, 0.25) is 0 Å². The molecule has 12 heavy (non-hydrogen) atoms. The van der Waals surface area contributed by atoms with E-state index in [0.717, 1.165) is 17.4 Å². The van der Waals surface area contributed by atoms with Crippen molar-refractivity contribution in [1.82, 2.24) is 0 Å². The number of pyridine rings is 1. The van der Waals surface area contributed by atoms with Crippen molar-refractivity contribution in [1.29, 1.82) is 0 Å². The number of carbonyl (C=O) groups excluding carboxylic acids is 1. The highest BCUT2D eigenvalue weighted by Gasteiger charge is 2.04. The summed E-state index contributed by atoms with van der Waals surface area (Å²) in [5.41, 5.74) is 0.762.